The van der Waals surface area contributed by atoms with Crippen LogP contribution in [0.5, 0.6) is 0 Å². The number of thiophene rings is 1. The zero-order valence-electron chi connectivity index (χ0n) is 15.6. The van der Waals surface area contributed by atoms with Crippen molar-refractivity contribution in [2.24, 2.45) is 0 Å². The van der Waals surface area contributed by atoms with Crippen LogP contribution in [-0.2, 0) is 16.0 Å². The maximum absolute atomic E-state index is 13.3. The largest absolute Gasteiger partial charge is 0.462 e. The fraction of sp³-hybridized carbons (Fsp3) is 0.182. The topological polar surface area (TPSA) is 55.4 Å². The van der Waals surface area contributed by atoms with Crippen LogP contribution in [0.4, 0.5) is 9.39 Å². The Morgan fingerprint density at radius 2 is 1.75 bits per heavy atom. The van der Waals surface area contributed by atoms with Gasteiger partial charge in [-0.15, -0.1) is 11.3 Å². The molecule has 144 valence electrons. The summed E-state index contributed by atoms with van der Waals surface area (Å²) >= 11 is 1.31. The lowest BCUT2D eigenvalue weighted by Crippen LogP contribution is -2.16. The van der Waals surface area contributed by atoms with Crippen LogP contribution in [0, 0.1) is 12.7 Å². The maximum atomic E-state index is 13.3. The quantitative estimate of drug-likeness (QED) is 0.580. The van der Waals surface area contributed by atoms with Crippen molar-refractivity contribution in [3.63, 3.8) is 0 Å². The highest BCUT2D eigenvalue weighted by Gasteiger charge is 2.25. The first-order chi connectivity index (χ1) is 13.5. The molecule has 1 aromatic heterocycles. The van der Waals surface area contributed by atoms with Gasteiger partial charge in [0, 0.05) is 10.4 Å². The van der Waals surface area contributed by atoms with Gasteiger partial charge in [0.2, 0.25) is 5.91 Å². The zero-order valence-corrected chi connectivity index (χ0v) is 16.4. The van der Waals surface area contributed by atoms with Gasteiger partial charge in [-0.3, -0.25) is 4.79 Å². The number of esters is 1. The molecule has 0 saturated heterocycles. The molecule has 0 fully saturated rings. The minimum atomic E-state index is -0.513. The highest BCUT2D eigenvalue weighted by molar-refractivity contribution is 7.17. The molecule has 0 bridgehead atoms. The molecule has 0 aliphatic carbocycles. The molecule has 4 nitrogen and oxygen atoms in total. The van der Waals surface area contributed by atoms with Crippen molar-refractivity contribution >= 4 is 28.2 Å². The molecule has 0 aliphatic heterocycles. The van der Waals surface area contributed by atoms with E-state index in [1.807, 2.05) is 37.3 Å². The monoisotopic (exact) mass is 397 g/mol. The van der Waals surface area contributed by atoms with E-state index in [0.717, 1.165) is 10.4 Å². The number of rotatable bonds is 6. The van der Waals surface area contributed by atoms with Crippen LogP contribution in [0.25, 0.3) is 11.1 Å². The second kappa shape index (κ2) is 8.80. The van der Waals surface area contributed by atoms with Crippen LogP contribution in [0.15, 0.2) is 54.6 Å². The Kier molecular flexibility index (Phi) is 6.21. The van der Waals surface area contributed by atoms with E-state index in [0.29, 0.717) is 21.7 Å². The maximum Gasteiger partial charge on any atom is 0.341 e. The highest BCUT2D eigenvalue weighted by atomic mass is 32.1. The molecule has 1 heterocycles. The smallest absolute Gasteiger partial charge is 0.341 e. The van der Waals surface area contributed by atoms with E-state index < -0.39 is 5.97 Å². The summed E-state index contributed by atoms with van der Waals surface area (Å²) in [6, 6.07) is 15.3. The van der Waals surface area contributed by atoms with Gasteiger partial charge >= 0.3 is 5.97 Å². The molecule has 0 unspecified atom stereocenters. The third-order valence-electron chi connectivity index (χ3n) is 4.16. The number of hydrogen-bond acceptors (Lipinski definition) is 4. The number of ether oxygens (including phenoxy) is 1. The molecule has 0 saturated carbocycles. The molecule has 3 aromatic rings. The molecule has 0 radical (unpaired) electrons. The standard InChI is InChI=1S/C22H20FNO3S/c1-3-27-22(26)20-19(16-9-11-17(23)12-10-16)14(2)28-21(20)24-18(25)13-15-7-5-4-6-8-15/h4-12H,3,13H2,1-2H3,(H,24,25). The molecular formula is C22H20FNO3S. The van der Waals surface area contributed by atoms with Gasteiger partial charge in [-0.1, -0.05) is 42.5 Å². The van der Waals surface area contributed by atoms with Crippen molar-refractivity contribution in [1.82, 2.24) is 0 Å². The summed E-state index contributed by atoms with van der Waals surface area (Å²) < 4.78 is 18.5. The molecule has 2 aromatic carbocycles. The SMILES string of the molecule is CCOC(=O)c1c(NC(=O)Cc2ccccc2)sc(C)c1-c1ccc(F)cc1. The van der Waals surface area contributed by atoms with Gasteiger partial charge < -0.3 is 10.1 Å². The Labute approximate surface area is 167 Å². The van der Waals surface area contributed by atoms with Crippen LogP contribution in [0.3, 0.4) is 0 Å². The van der Waals surface area contributed by atoms with Gasteiger partial charge in [-0.25, -0.2) is 9.18 Å². The van der Waals surface area contributed by atoms with Gasteiger partial charge in [-0.2, -0.15) is 0 Å². The van der Waals surface area contributed by atoms with Crippen molar-refractivity contribution in [3.8, 4) is 11.1 Å². The lowest BCUT2D eigenvalue weighted by atomic mass is 10.0. The van der Waals surface area contributed by atoms with E-state index in [2.05, 4.69) is 5.32 Å². The zero-order chi connectivity index (χ0) is 20.1. The van der Waals surface area contributed by atoms with Crippen LogP contribution < -0.4 is 5.32 Å². The Morgan fingerprint density at radius 1 is 1.07 bits per heavy atom. The second-order valence-electron chi connectivity index (χ2n) is 6.18. The molecule has 3 rings (SSSR count). The predicted molar refractivity (Wildman–Crippen MR) is 109 cm³/mol. The minimum Gasteiger partial charge on any atom is -0.462 e. The summed E-state index contributed by atoms with van der Waals surface area (Å²) in [5.41, 5.74) is 2.53. The van der Waals surface area contributed by atoms with E-state index in [-0.39, 0.29) is 24.8 Å². The van der Waals surface area contributed by atoms with E-state index in [1.165, 1.54) is 23.5 Å². The molecule has 28 heavy (non-hydrogen) atoms. The lowest BCUT2D eigenvalue weighted by Gasteiger charge is -2.09. The van der Waals surface area contributed by atoms with E-state index in [4.69, 9.17) is 4.74 Å². The number of aryl methyl sites for hydroxylation is 1. The molecule has 0 atom stereocenters. The molecule has 0 spiro atoms. The van der Waals surface area contributed by atoms with E-state index in [1.54, 1.807) is 19.1 Å². The third-order valence-corrected chi connectivity index (χ3v) is 5.18. The summed E-state index contributed by atoms with van der Waals surface area (Å²) in [5, 5.41) is 3.29. The molecular weight excluding hydrogens is 377 g/mol. The number of carbonyl (C=O) groups is 2. The van der Waals surface area contributed by atoms with Gasteiger partial charge in [0.05, 0.1) is 13.0 Å². The van der Waals surface area contributed by atoms with Crippen LogP contribution >= 0.6 is 11.3 Å². The highest BCUT2D eigenvalue weighted by Crippen LogP contribution is 2.40. The minimum absolute atomic E-state index is 0.200. The summed E-state index contributed by atoms with van der Waals surface area (Å²) in [5.74, 6) is -1.09. The molecule has 6 heteroatoms. The van der Waals surface area contributed by atoms with Gasteiger partial charge in [0.1, 0.15) is 16.4 Å². The summed E-state index contributed by atoms with van der Waals surface area (Å²) in [6.07, 6.45) is 0.200. The van der Waals surface area contributed by atoms with Crippen molar-refractivity contribution in [2.75, 3.05) is 11.9 Å². The summed E-state index contributed by atoms with van der Waals surface area (Å²) in [7, 11) is 0. The summed E-state index contributed by atoms with van der Waals surface area (Å²) in [4.78, 5) is 26.0. The first-order valence-corrected chi connectivity index (χ1v) is 9.71. The number of halogens is 1. The van der Waals surface area contributed by atoms with Crippen molar-refractivity contribution in [3.05, 3.63) is 76.4 Å². The third kappa shape index (κ3) is 4.46. The number of benzene rings is 2. The predicted octanol–water partition coefficient (Wildman–Crippen LogP) is 5.22. The molecule has 1 N–H and O–H groups in total. The van der Waals surface area contributed by atoms with Gasteiger partial charge in [-0.05, 0) is 37.1 Å². The fourth-order valence-electron chi connectivity index (χ4n) is 2.95. The Balaban J connectivity index is 1.96. The Morgan fingerprint density at radius 3 is 2.39 bits per heavy atom. The van der Waals surface area contributed by atoms with Gasteiger partial charge in [0.25, 0.3) is 0 Å². The van der Waals surface area contributed by atoms with Crippen molar-refractivity contribution < 1.29 is 18.7 Å². The average Bonchev–Trinajstić information content (AvgIpc) is 2.99. The fourth-order valence-corrected chi connectivity index (χ4v) is 4.03. The Bertz CT molecular complexity index is 981. The average molecular weight is 397 g/mol. The number of hydrogen-bond donors (Lipinski definition) is 1. The van der Waals surface area contributed by atoms with E-state index >= 15 is 0 Å². The van der Waals surface area contributed by atoms with Crippen LogP contribution in [-0.4, -0.2) is 18.5 Å². The second-order valence-corrected chi connectivity index (χ2v) is 7.40. The lowest BCUT2D eigenvalue weighted by molar-refractivity contribution is -0.115. The number of nitrogens with one attached hydrogen (secondary N) is 1. The van der Waals surface area contributed by atoms with Crippen LogP contribution in [0.2, 0.25) is 0 Å². The number of anilines is 1. The molecule has 0 aliphatic rings. The van der Waals surface area contributed by atoms with Crippen LogP contribution in [0.1, 0.15) is 27.7 Å². The summed E-state index contributed by atoms with van der Waals surface area (Å²) in [6.45, 7) is 3.80. The van der Waals surface area contributed by atoms with Crippen molar-refractivity contribution in [2.45, 2.75) is 20.3 Å². The first-order valence-electron chi connectivity index (χ1n) is 8.89. The van der Waals surface area contributed by atoms with E-state index in [9.17, 15) is 14.0 Å². The normalized spacial score (nSPS) is 10.5. The molecule has 1 amide bonds. The number of amides is 1. The van der Waals surface area contributed by atoms with Gasteiger partial charge in [0.15, 0.2) is 0 Å². The Hall–Kier alpha value is -2.99. The first kappa shape index (κ1) is 19.8. The van der Waals surface area contributed by atoms with Crippen molar-refractivity contribution in [1.29, 1.82) is 0 Å². The number of carbonyl (C=O) groups excluding carboxylic acids is 2.